The molecule has 0 fully saturated rings. The molecule has 1 rings (SSSR count). The van der Waals surface area contributed by atoms with Crippen LogP contribution in [0.3, 0.4) is 0 Å². The summed E-state index contributed by atoms with van der Waals surface area (Å²) >= 11 is 11.4. The number of hydrogen-bond acceptors (Lipinski definition) is 4. The van der Waals surface area contributed by atoms with E-state index in [9.17, 15) is 4.79 Å². The molecule has 82 valence electrons. The lowest BCUT2D eigenvalue weighted by Crippen LogP contribution is -2.33. The Morgan fingerprint density at radius 1 is 1.53 bits per heavy atom. The molecule has 15 heavy (non-hydrogen) atoms. The number of carbonyl (C=O) groups is 1. The van der Waals surface area contributed by atoms with Gasteiger partial charge in [-0.25, -0.2) is 4.98 Å². The van der Waals surface area contributed by atoms with E-state index in [4.69, 9.17) is 28.9 Å². The number of rotatable bonds is 3. The lowest BCUT2D eigenvalue weighted by Gasteiger charge is -2.09. The number of carbonyl (C=O) groups excluding carboxylic acids is 1. The average molecular weight is 249 g/mol. The second-order valence-electron chi connectivity index (χ2n) is 2.95. The maximum absolute atomic E-state index is 11.1. The van der Waals surface area contributed by atoms with Crippen molar-refractivity contribution < 1.29 is 9.53 Å². The van der Waals surface area contributed by atoms with Gasteiger partial charge in [-0.1, -0.05) is 23.2 Å². The average Bonchev–Trinajstić information content (AvgIpc) is 2.14. The van der Waals surface area contributed by atoms with E-state index in [1.807, 2.05) is 0 Å². The van der Waals surface area contributed by atoms with Gasteiger partial charge in [0.1, 0.15) is 16.3 Å². The molecule has 0 aliphatic carbocycles. The molecule has 1 aromatic heterocycles. The maximum Gasteiger partial charge on any atom is 0.322 e. The summed E-state index contributed by atoms with van der Waals surface area (Å²) < 4.78 is 4.50. The third-order valence-corrected chi connectivity index (χ3v) is 2.17. The molecule has 0 saturated heterocycles. The van der Waals surface area contributed by atoms with Gasteiger partial charge in [-0.15, -0.1) is 0 Å². The molecule has 2 N–H and O–H groups in total. The van der Waals surface area contributed by atoms with E-state index in [0.29, 0.717) is 6.42 Å². The van der Waals surface area contributed by atoms with Crippen LogP contribution in [0.4, 0.5) is 0 Å². The van der Waals surface area contributed by atoms with Crippen molar-refractivity contribution in [2.75, 3.05) is 7.11 Å². The highest BCUT2D eigenvalue weighted by Crippen LogP contribution is 2.15. The third kappa shape index (κ3) is 3.66. The Balaban J connectivity index is 2.76. The Hall–Kier alpha value is -0.840. The summed E-state index contributed by atoms with van der Waals surface area (Å²) in [5, 5.41) is 0.545. The van der Waals surface area contributed by atoms with Crippen molar-refractivity contribution in [1.82, 2.24) is 4.98 Å². The van der Waals surface area contributed by atoms with Crippen molar-refractivity contribution in [3.05, 3.63) is 28.0 Å². The second kappa shape index (κ2) is 5.30. The molecule has 0 aliphatic rings. The minimum Gasteiger partial charge on any atom is -0.468 e. The van der Waals surface area contributed by atoms with Crippen LogP contribution >= 0.6 is 23.2 Å². The fraction of sp³-hybridized carbons (Fsp3) is 0.333. The predicted octanol–water partition coefficient (Wildman–Crippen LogP) is 1.43. The number of halogens is 2. The summed E-state index contributed by atoms with van der Waals surface area (Å²) in [6.07, 6.45) is 0.314. The van der Waals surface area contributed by atoms with Gasteiger partial charge in [-0.05, 0) is 24.1 Å². The summed E-state index contributed by atoms with van der Waals surface area (Å²) in [5.74, 6) is -0.473. The zero-order valence-corrected chi connectivity index (χ0v) is 9.55. The number of nitrogens with zero attached hydrogens (tertiary/aromatic N) is 1. The molecule has 0 aromatic carbocycles. The first-order chi connectivity index (χ1) is 7.02. The normalized spacial score (nSPS) is 12.3. The quantitative estimate of drug-likeness (QED) is 0.650. The largest absolute Gasteiger partial charge is 0.468 e. The molecule has 0 spiro atoms. The van der Waals surface area contributed by atoms with Crippen LogP contribution in [-0.4, -0.2) is 24.1 Å². The summed E-state index contributed by atoms with van der Waals surface area (Å²) in [7, 11) is 1.29. The fourth-order valence-corrected chi connectivity index (χ4v) is 1.63. The van der Waals surface area contributed by atoms with Gasteiger partial charge in [0.15, 0.2) is 0 Å². The summed E-state index contributed by atoms with van der Waals surface area (Å²) in [6, 6.07) is 2.50. The molecule has 0 bridgehead atoms. The third-order valence-electron chi connectivity index (χ3n) is 1.78. The summed E-state index contributed by atoms with van der Waals surface area (Å²) in [4.78, 5) is 14.8. The number of ether oxygens (including phenoxy) is 1. The Labute approximate surface area is 97.3 Å². The minimum absolute atomic E-state index is 0.273. The minimum atomic E-state index is -0.718. The summed E-state index contributed by atoms with van der Waals surface area (Å²) in [5.41, 5.74) is 6.33. The van der Waals surface area contributed by atoms with E-state index in [1.54, 1.807) is 12.1 Å². The van der Waals surface area contributed by atoms with E-state index >= 15 is 0 Å². The Bertz CT molecular complexity index is 351. The molecule has 0 aliphatic heterocycles. The van der Waals surface area contributed by atoms with Crippen LogP contribution in [0.25, 0.3) is 0 Å². The van der Waals surface area contributed by atoms with Crippen molar-refractivity contribution in [3.63, 3.8) is 0 Å². The van der Waals surface area contributed by atoms with Gasteiger partial charge in [-0.3, -0.25) is 4.79 Å². The van der Waals surface area contributed by atoms with Crippen molar-refractivity contribution in [2.24, 2.45) is 5.73 Å². The van der Waals surface area contributed by atoms with Crippen molar-refractivity contribution in [1.29, 1.82) is 0 Å². The van der Waals surface area contributed by atoms with Gasteiger partial charge in [0, 0.05) is 0 Å². The maximum atomic E-state index is 11.1. The molecule has 0 radical (unpaired) electrons. The van der Waals surface area contributed by atoms with Crippen LogP contribution in [0.15, 0.2) is 12.1 Å². The highest BCUT2D eigenvalue weighted by molar-refractivity contribution is 6.32. The first-order valence-corrected chi connectivity index (χ1v) is 4.94. The van der Waals surface area contributed by atoms with Crippen LogP contribution in [0.1, 0.15) is 5.56 Å². The summed E-state index contributed by atoms with van der Waals surface area (Å²) in [6.45, 7) is 0. The monoisotopic (exact) mass is 248 g/mol. The fourth-order valence-electron chi connectivity index (χ4n) is 1.12. The van der Waals surface area contributed by atoms with Gasteiger partial charge >= 0.3 is 5.97 Å². The van der Waals surface area contributed by atoms with Crippen LogP contribution < -0.4 is 5.73 Å². The lowest BCUT2D eigenvalue weighted by atomic mass is 10.1. The highest BCUT2D eigenvalue weighted by Gasteiger charge is 2.14. The van der Waals surface area contributed by atoms with Crippen molar-refractivity contribution >= 4 is 29.2 Å². The van der Waals surface area contributed by atoms with Gasteiger partial charge in [-0.2, -0.15) is 0 Å². The smallest absolute Gasteiger partial charge is 0.322 e. The van der Waals surface area contributed by atoms with Gasteiger partial charge in [0.25, 0.3) is 0 Å². The first kappa shape index (κ1) is 12.2. The van der Waals surface area contributed by atoms with E-state index in [1.165, 1.54) is 7.11 Å². The molecule has 1 unspecified atom stereocenters. The zero-order valence-electron chi connectivity index (χ0n) is 8.04. The lowest BCUT2D eigenvalue weighted by molar-refractivity contribution is -0.142. The zero-order chi connectivity index (χ0) is 11.4. The van der Waals surface area contributed by atoms with Crippen molar-refractivity contribution in [3.8, 4) is 0 Å². The van der Waals surface area contributed by atoms with E-state index < -0.39 is 12.0 Å². The molecule has 1 heterocycles. The molecule has 6 heteroatoms. The topological polar surface area (TPSA) is 65.2 Å². The van der Waals surface area contributed by atoms with Crippen LogP contribution in [0.2, 0.25) is 10.3 Å². The number of methoxy groups -OCH3 is 1. The first-order valence-electron chi connectivity index (χ1n) is 4.18. The number of hydrogen-bond donors (Lipinski definition) is 1. The standard InChI is InChI=1S/C9H10Cl2N2O2/c1-15-9(14)6(12)2-5-3-7(10)13-8(11)4-5/h3-4,6H,2,12H2,1H3. The Kier molecular flexibility index (Phi) is 4.32. The Morgan fingerprint density at radius 3 is 2.53 bits per heavy atom. The Morgan fingerprint density at radius 2 is 2.07 bits per heavy atom. The van der Waals surface area contributed by atoms with Crippen LogP contribution in [0, 0.1) is 0 Å². The van der Waals surface area contributed by atoms with Crippen molar-refractivity contribution in [2.45, 2.75) is 12.5 Å². The molecule has 1 aromatic rings. The van der Waals surface area contributed by atoms with Gasteiger partial charge in [0.2, 0.25) is 0 Å². The van der Waals surface area contributed by atoms with E-state index in [0.717, 1.165) is 5.56 Å². The number of esters is 1. The van der Waals surface area contributed by atoms with Crippen LogP contribution in [0.5, 0.6) is 0 Å². The number of nitrogens with two attached hydrogens (primary N) is 1. The second-order valence-corrected chi connectivity index (χ2v) is 3.73. The number of pyridine rings is 1. The predicted molar refractivity (Wildman–Crippen MR) is 58.0 cm³/mol. The molecule has 0 amide bonds. The molecular formula is C9H10Cl2N2O2. The van der Waals surface area contributed by atoms with Gasteiger partial charge in [0.05, 0.1) is 7.11 Å². The molecule has 1 atom stereocenters. The number of aromatic nitrogens is 1. The van der Waals surface area contributed by atoms with E-state index in [-0.39, 0.29) is 10.3 Å². The molecular weight excluding hydrogens is 239 g/mol. The van der Waals surface area contributed by atoms with E-state index in [2.05, 4.69) is 9.72 Å². The molecule has 0 saturated carbocycles. The molecule has 4 nitrogen and oxygen atoms in total. The van der Waals surface area contributed by atoms with Gasteiger partial charge < -0.3 is 10.5 Å². The highest BCUT2D eigenvalue weighted by atomic mass is 35.5. The SMILES string of the molecule is COC(=O)C(N)Cc1cc(Cl)nc(Cl)c1. The van der Waals surface area contributed by atoms with Crippen LogP contribution in [-0.2, 0) is 16.0 Å².